The zero-order valence-electron chi connectivity index (χ0n) is 19.6. The second kappa shape index (κ2) is 10.7. The van der Waals surface area contributed by atoms with E-state index < -0.39 is 6.09 Å². The third-order valence-electron chi connectivity index (χ3n) is 6.16. The van der Waals surface area contributed by atoms with Crippen LogP contribution in [0.25, 0.3) is 0 Å². The van der Waals surface area contributed by atoms with E-state index in [1.807, 2.05) is 12.1 Å². The van der Waals surface area contributed by atoms with Crippen LogP contribution in [-0.2, 0) is 12.0 Å². The van der Waals surface area contributed by atoms with Crippen molar-refractivity contribution in [2.24, 2.45) is 5.73 Å². The zero-order valence-corrected chi connectivity index (χ0v) is 19.6. The van der Waals surface area contributed by atoms with Gasteiger partial charge in [-0.2, -0.15) is 0 Å². The molecular weight excluding hydrogens is 406 g/mol. The number of carbonyl (C=O) groups excluding carboxylic acids is 1. The van der Waals surface area contributed by atoms with E-state index in [0.717, 1.165) is 38.8 Å². The molecule has 0 fully saturated rings. The van der Waals surface area contributed by atoms with Crippen LogP contribution in [0.1, 0.15) is 44.2 Å². The molecule has 2 aromatic rings. The fraction of sp³-hybridized carbons (Fsp3) is 0.480. The number of rotatable bonds is 10. The Kier molecular flexibility index (Phi) is 7.99. The van der Waals surface area contributed by atoms with Gasteiger partial charge in [0.1, 0.15) is 5.75 Å². The fourth-order valence-electron chi connectivity index (χ4n) is 4.66. The van der Waals surface area contributed by atoms with Crippen LogP contribution in [0.2, 0.25) is 0 Å². The van der Waals surface area contributed by atoms with Crippen molar-refractivity contribution in [1.29, 1.82) is 0 Å². The summed E-state index contributed by atoms with van der Waals surface area (Å²) < 4.78 is 16.2. The second-order valence-corrected chi connectivity index (χ2v) is 8.13. The van der Waals surface area contributed by atoms with E-state index in [0.29, 0.717) is 29.5 Å². The molecule has 0 saturated carbocycles. The monoisotopic (exact) mass is 441 g/mol. The van der Waals surface area contributed by atoms with Gasteiger partial charge in [0.15, 0.2) is 11.5 Å². The van der Waals surface area contributed by atoms with Gasteiger partial charge in [0, 0.05) is 18.3 Å². The van der Waals surface area contributed by atoms with E-state index in [1.165, 1.54) is 11.1 Å². The number of nitrogens with zero attached hydrogens (tertiary/aromatic N) is 1. The van der Waals surface area contributed by atoms with Crippen LogP contribution in [0.15, 0.2) is 36.4 Å². The standard InChI is InChI=1S/C25H35N3O4/c1-5-13-28(14-6-2)25(17-26)12-11-18-7-9-20(16-21(18)25)32-24(29)27-19-8-10-22(30-3)23(15-19)31-4/h7-10,15-16H,5-6,11-14,17,26H2,1-4H3,(H,27,29). The lowest BCUT2D eigenvalue weighted by atomic mass is 9.89. The van der Waals surface area contributed by atoms with Crippen molar-refractivity contribution in [1.82, 2.24) is 4.90 Å². The molecule has 1 amide bonds. The van der Waals surface area contributed by atoms with Crippen LogP contribution < -0.4 is 25.3 Å². The van der Waals surface area contributed by atoms with Crippen molar-refractivity contribution in [3.63, 3.8) is 0 Å². The summed E-state index contributed by atoms with van der Waals surface area (Å²) in [5.41, 5.74) is 9.17. The van der Waals surface area contributed by atoms with Crippen molar-refractivity contribution in [3.05, 3.63) is 47.5 Å². The Bertz CT molecular complexity index is 927. The molecule has 0 saturated heterocycles. The van der Waals surface area contributed by atoms with E-state index in [4.69, 9.17) is 19.9 Å². The quantitative estimate of drug-likeness (QED) is 0.563. The normalized spacial score (nSPS) is 17.2. The van der Waals surface area contributed by atoms with Crippen LogP contribution in [0.4, 0.5) is 10.5 Å². The van der Waals surface area contributed by atoms with Crippen molar-refractivity contribution < 1.29 is 19.0 Å². The first kappa shape index (κ1) is 23.9. The molecule has 0 bridgehead atoms. The maximum atomic E-state index is 12.6. The number of hydrogen-bond acceptors (Lipinski definition) is 6. The molecule has 0 aliphatic heterocycles. The molecule has 1 aliphatic rings. The highest BCUT2D eigenvalue weighted by Crippen LogP contribution is 2.43. The van der Waals surface area contributed by atoms with E-state index in [1.54, 1.807) is 32.4 Å². The lowest BCUT2D eigenvalue weighted by Gasteiger charge is -2.41. The molecule has 0 aromatic heterocycles. The summed E-state index contributed by atoms with van der Waals surface area (Å²) in [7, 11) is 3.12. The predicted octanol–water partition coefficient (Wildman–Crippen LogP) is 4.54. The number of nitrogens with two attached hydrogens (primary N) is 1. The average molecular weight is 442 g/mol. The SMILES string of the molecule is CCCN(CCC)C1(CN)CCc2ccc(OC(=O)Nc3ccc(OC)c(OC)c3)cc21. The van der Waals surface area contributed by atoms with Crippen molar-refractivity contribution >= 4 is 11.8 Å². The van der Waals surface area contributed by atoms with Gasteiger partial charge in [0.25, 0.3) is 0 Å². The second-order valence-electron chi connectivity index (χ2n) is 8.13. The van der Waals surface area contributed by atoms with Gasteiger partial charge < -0.3 is 19.9 Å². The lowest BCUT2D eigenvalue weighted by Crippen LogP contribution is -2.50. The number of methoxy groups -OCH3 is 2. The molecule has 2 aromatic carbocycles. The highest BCUT2D eigenvalue weighted by molar-refractivity contribution is 5.86. The number of ether oxygens (including phenoxy) is 3. The van der Waals surface area contributed by atoms with Gasteiger partial charge >= 0.3 is 6.09 Å². The Morgan fingerprint density at radius 3 is 2.41 bits per heavy atom. The molecule has 3 rings (SSSR count). The molecule has 1 aliphatic carbocycles. The van der Waals surface area contributed by atoms with E-state index in [-0.39, 0.29) is 5.54 Å². The molecule has 174 valence electrons. The van der Waals surface area contributed by atoms with Crippen LogP contribution in [0.3, 0.4) is 0 Å². The Morgan fingerprint density at radius 1 is 1.06 bits per heavy atom. The maximum Gasteiger partial charge on any atom is 0.417 e. The minimum atomic E-state index is -0.563. The van der Waals surface area contributed by atoms with Crippen LogP contribution in [-0.4, -0.2) is 44.8 Å². The summed E-state index contributed by atoms with van der Waals surface area (Å²) >= 11 is 0. The molecular formula is C25H35N3O4. The first-order valence-corrected chi connectivity index (χ1v) is 11.3. The van der Waals surface area contributed by atoms with Gasteiger partial charge in [-0.15, -0.1) is 0 Å². The van der Waals surface area contributed by atoms with Gasteiger partial charge in [0.05, 0.1) is 19.8 Å². The number of anilines is 1. The van der Waals surface area contributed by atoms with E-state index in [2.05, 4.69) is 30.1 Å². The van der Waals surface area contributed by atoms with Gasteiger partial charge in [-0.25, -0.2) is 4.79 Å². The molecule has 7 heteroatoms. The summed E-state index contributed by atoms with van der Waals surface area (Å²) in [6.07, 6.45) is 3.55. The minimum absolute atomic E-state index is 0.208. The van der Waals surface area contributed by atoms with Gasteiger partial charge in [0.2, 0.25) is 0 Å². The summed E-state index contributed by atoms with van der Waals surface area (Å²) in [5.74, 6) is 1.63. The summed E-state index contributed by atoms with van der Waals surface area (Å²) in [6.45, 7) is 6.92. The highest BCUT2D eigenvalue weighted by atomic mass is 16.6. The molecule has 0 radical (unpaired) electrons. The molecule has 7 nitrogen and oxygen atoms in total. The van der Waals surface area contributed by atoms with Gasteiger partial charge in [-0.05, 0) is 74.2 Å². The molecule has 0 heterocycles. The Labute approximate surface area is 190 Å². The zero-order chi connectivity index (χ0) is 23.1. The predicted molar refractivity (Wildman–Crippen MR) is 127 cm³/mol. The Morgan fingerprint density at radius 2 is 1.78 bits per heavy atom. The van der Waals surface area contributed by atoms with Crippen LogP contribution in [0.5, 0.6) is 17.2 Å². The third-order valence-corrected chi connectivity index (χ3v) is 6.16. The molecule has 1 atom stereocenters. The topological polar surface area (TPSA) is 86.0 Å². The summed E-state index contributed by atoms with van der Waals surface area (Å²) in [6, 6.07) is 11.1. The number of benzene rings is 2. The molecule has 32 heavy (non-hydrogen) atoms. The van der Waals surface area contributed by atoms with Gasteiger partial charge in [-0.3, -0.25) is 10.2 Å². The average Bonchev–Trinajstić information content (AvgIpc) is 3.17. The molecule has 0 spiro atoms. The van der Waals surface area contributed by atoms with E-state index in [9.17, 15) is 4.79 Å². The number of hydrogen-bond donors (Lipinski definition) is 2. The lowest BCUT2D eigenvalue weighted by molar-refractivity contribution is 0.0922. The van der Waals surface area contributed by atoms with Crippen molar-refractivity contribution in [3.8, 4) is 17.2 Å². The van der Waals surface area contributed by atoms with Crippen LogP contribution in [0, 0.1) is 0 Å². The largest absolute Gasteiger partial charge is 0.493 e. The van der Waals surface area contributed by atoms with Gasteiger partial charge in [-0.1, -0.05) is 19.9 Å². The Hall–Kier alpha value is -2.77. The fourth-order valence-corrected chi connectivity index (χ4v) is 4.66. The maximum absolute atomic E-state index is 12.6. The molecule has 3 N–H and O–H groups in total. The third kappa shape index (κ3) is 4.84. The first-order chi connectivity index (χ1) is 15.5. The summed E-state index contributed by atoms with van der Waals surface area (Å²) in [5, 5.41) is 2.75. The highest BCUT2D eigenvalue weighted by Gasteiger charge is 2.42. The van der Waals surface area contributed by atoms with Crippen LogP contribution >= 0.6 is 0 Å². The first-order valence-electron chi connectivity index (χ1n) is 11.3. The van der Waals surface area contributed by atoms with Crippen molar-refractivity contribution in [2.45, 2.75) is 45.1 Å². The number of fused-ring (bicyclic) bond motifs is 1. The minimum Gasteiger partial charge on any atom is -0.493 e. The number of amides is 1. The number of aryl methyl sites for hydroxylation is 1. The van der Waals surface area contributed by atoms with Crippen molar-refractivity contribution in [2.75, 3.05) is 39.2 Å². The number of carbonyl (C=O) groups is 1. The number of nitrogens with one attached hydrogen (secondary N) is 1. The summed E-state index contributed by atoms with van der Waals surface area (Å²) in [4.78, 5) is 15.1. The smallest absolute Gasteiger partial charge is 0.417 e. The molecule has 1 unspecified atom stereocenters. The Balaban J connectivity index is 1.80. The van der Waals surface area contributed by atoms with E-state index >= 15 is 0 Å².